The molecule has 6 heavy (non-hydrogen) atoms. The van der Waals surface area contributed by atoms with Crippen LogP contribution in [0.5, 0.6) is 0 Å². The normalized spacial score (nSPS) is 0. The largest absolute Gasteiger partial charge is 0 e. The molecule has 0 rings (SSSR count). The quantitative estimate of drug-likeness (QED) is 0.309. The molecule has 0 aromatic heterocycles. The van der Waals surface area contributed by atoms with Gasteiger partial charge in [-0.05, 0) is 0 Å². The maximum absolute atomic E-state index is 0. The van der Waals surface area contributed by atoms with Crippen LogP contribution in [0.3, 0.4) is 0 Å². The van der Waals surface area contributed by atoms with Gasteiger partial charge in [-0.2, -0.15) is 0 Å². The van der Waals surface area contributed by atoms with Gasteiger partial charge in [-0.15, -0.1) is 0 Å². The molecule has 0 nitrogen and oxygen atoms in total. The fourth-order valence-corrected chi connectivity index (χ4v) is 0. The minimum absolute atomic E-state index is 0. The first-order valence-electron chi connectivity index (χ1n) is 0. The second kappa shape index (κ2) is 32.3. The van der Waals surface area contributed by atoms with Gasteiger partial charge in [0, 0.05) is 105 Å². The second-order valence-corrected chi connectivity index (χ2v) is 0. The molecule has 0 aromatic rings. The minimum Gasteiger partial charge on any atom is 0 e. The van der Waals surface area contributed by atoms with Crippen LogP contribution < -0.4 is 0 Å². The molecule has 0 bridgehead atoms. The number of rotatable bonds is 0. The van der Waals surface area contributed by atoms with Crippen LogP contribution in [-0.2, 0) is 54.6 Å². The maximum Gasteiger partial charge on any atom is 0 e. The van der Waals surface area contributed by atoms with Crippen LogP contribution in [0.1, 0.15) is 0 Å². The first-order valence-corrected chi connectivity index (χ1v) is 0. The van der Waals surface area contributed by atoms with E-state index >= 15 is 0 Å². The summed E-state index contributed by atoms with van der Waals surface area (Å²) in [6.07, 6.45) is 0. The molecular formula is HBiFeKMoNiSb. The van der Waals surface area contributed by atoms with Gasteiger partial charge in [0.2, 0.25) is 0 Å². The summed E-state index contributed by atoms with van der Waals surface area (Å²) in [5.41, 5.74) is 0. The average Bonchev–Trinajstić information content (AvgIpc) is 0. The SMILES string of the molecule is [Bi].[Fe].[KH].[Mo].[Ni].[Sb]. The zero-order chi connectivity index (χ0) is 0. The molecular weight excluding hydrogens is 580 g/mol. The summed E-state index contributed by atoms with van der Waals surface area (Å²) in [5.74, 6) is 0. The van der Waals surface area contributed by atoms with Crippen molar-refractivity contribution in [3.63, 3.8) is 0 Å². The van der Waals surface area contributed by atoms with Crippen LogP contribution >= 0.6 is 0 Å². The fraction of sp³-hybridized carbons (Fsp3) is 0. The van der Waals surface area contributed by atoms with Crippen LogP contribution in [0.2, 0.25) is 0 Å². The van der Waals surface area contributed by atoms with E-state index in [4.69, 9.17) is 0 Å². The van der Waals surface area contributed by atoms with Crippen molar-refractivity contribution in [3.8, 4) is 0 Å². The van der Waals surface area contributed by atoms with Crippen LogP contribution in [0.25, 0.3) is 0 Å². The Morgan fingerprint density at radius 1 is 1.00 bits per heavy atom. The van der Waals surface area contributed by atoms with Gasteiger partial charge in [-0.3, -0.25) is 0 Å². The van der Waals surface area contributed by atoms with Gasteiger partial charge in [-0.25, -0.2) is 0 Å². The second-order valence-electron chi connectivity index (χ2n) is 0. The molecule has 6 radical (unpaired) electrons. The molecule has 0 amide bonds. The molecule has 0 aliphatic carbocycles. The van der Waals surface area contributed by atoms with Crippen molar-refractivity contribution >= 4 is 102 Å². The average molecular weight is 581 g/mol. The Hall–Kier alpha value is 5.04. The zero-order valence-electron chi connectivity index (χ0n) is 1.97. The predicted molar refractivity (Wildman–Crippen MR) is 18.7 cm³/mol. The van der Waals surface area contributed by atoms with Crippen molar-refractivity contribution in [2.75, 3.05) is 0 Å². The third-order valence-electron chi connectivity index (χ3n) is 0. The van der Waals surface area contributed by atoms with E-state index in [1.807, 2.05) is 0 Å². The van der Waals surface area contributed by atoms with E-state index in [0.29, 0.717) is 0 Å². The monoisotopic (exact) mass is 582 g/mol. The minimum atomic E-state index is 0. The van der Waals surface area contributed by atoms with Crippen molar-refractivity contribution in [3.05, 3.63) is 0 Å². The predicted octanol–water partition coefficient (Wildman–Crippen LogP) is -1.42. The van der Waals surface area contributed by atoms with Crippen LogP contribution in [0.15, 0.2) is 0 Å². The topological polar surface area (TPSA) is 0 Å². The molecule has 0 unspecified atom stereocenters. The molecule has 0 spiro atoms. The third-order valence-corrected chi connectivity index (χ3v) is 0. The molecule has 0 N–H and O–H groups in total. The Kier molecular flexibility index (Phi) is 236. The number of hydrogen-bond acceptors (Lipinski definition) is 0. The van der Waals surface area contributed by atoms with Gasteiger partial charge in [0.05, 0.1) is 0 Å². The summed E-state index contributed by atoms with van der Waals surface area (Å²) < 4.78 is 0. The van der Waals surface area contributed by atoms with Gasteiger partial charge < -0.3 is 0 Å². The van der Waals surface area contributed by atoms with E-state index in [-0.39, 0.29) is 157 Å². The summed E-state index contributed by atoms with van der Waals surface area (Å²) in [5, 5.41) is 0. The van der Waals surface area contributed by atoms with Crippen LogP contribution in [-0.4, -0.2) is 102 Å². The van der Waals surface area contributed by atoms with E-state index in [0.717, 1.165) is 0 Å². The Balaban J connectivity index is 0. The molecule has 0 aromatic carbocycles. The van der Waals surface area contributed by atoms with Crippen molar-refractivity contribution < 1.29 is 54.6 Å². The van der Waals surface area contributed by atoms with Crippen molar-refractivity contribution in [1.29, 1.82) is 0 Å². The van der Waals surface area contributed by atoms with Crippen LogP contribution in [0.4, 0.5) is 0 Å². The summed E-state index contributed by atoms with van der Waals surface area (Å²) in [6.45, 7) is 0. The summed E-state index contributed by atoms with van der Waals surface area (Å²) >= 11 is 0. The molecule has 6 heteroatoms. The zero-order valence-corrected chi connectivity index (χ0v) is 12.1. The van der Waals surface area contributed by atoms with E-state index in [9.17, 15) is 0 Å². The Labute approximate surface area is 152 Å². The number of hydrogen-bond donors (Lipinski definition) is 0. The smallest absolute Gasteiger partial charge is 0 e. The summed E-state index contributed by atoms with van der Waals surface area (Å²) in [6, 6.07) is 0. The Morgan fingerprint density at radius 2 is 1.00 bits per heavy atom. The van der Waals surface area contributed by atoms with Gasteiger partial charge in [0.25, 0.3) is 0 Å². The molecule has 36 valence electrons. The van der Waals surface area contributed by atoms with Gasteiger partial charge in [0.15, 0.2) is 0 Å². The molecule has 0 saturated heterocycles. The molecule has 0 atom stereocenters. The van der Waals surface area contributed by atoms with Gasteiger partial charge >= 0.3 is 51.4 Å². The standard InChI is InChI=1S/Bi.Fe.K.Mo.Ni.Sb.H. The van der Waals surface area contributed by atoms with E-state index in [2.05, 4.69) is 0 Å². The van der Waals surface area contributed by atoms with Gasteiger partial charge in [0.1, 0.15) is 0 Å². The molecule has 0 fully saturated rings. The van der Waals surface area contributed by atoms with Crippen molar-refractivity contribution in [1.82, 2.24) is 0 Å². The maximum atomic E-state index is 0. The molecule has 0 saturated carbocycles. The third kappa shape index (κ3) is 23.0. The van der Waals surface area contributed by atoms with Crippen LogP contribution in [0, 0.1) is 0 Å². The first-order chi connectivity index (χ1) is 0. The Morgan fingerprint density at radius 3 is 1.00 bits per heavy atom. The summed E-state index contributed by atoms with van der Waals surface area (Å²) in [4.78, 5) is 0. The van der Waals surface area contributed by atoms with E-state index in [1.165, 1.54) is 0 Å². The molecule has 0 heterocycles. The first kappa shape index (κ1) is 43.8. The Bertz CT molecular complexity index is 15.5. The van der Waals surface area contributed by atoms with Crippen molar-refractivity contribution in [2.45, 2.75) is 0 Å². The summed E-state index contributed by atoms with van der Waals surface area (Å²) in [7, 11) is 0. The van der Waals surface area contributed by atoms with Crippen molar-refractivity contribution in [2.24, 2.45) is 0 Å². The molecule has 0 aliphatic rings. The fourth-order valence-electron chi connectivity index (χ4n) is 0. The van der Waals surface area contributed by atoms with Gasteiger partial charge in [-0.1, -0.05) is 0 Å². The molecule has 0 aliphatic heterocycles. The van der Waals surface area contributed by atoms with E-state index < -0.39 is 0 Å². The van der Waals surface area contributed by atoms with E-state index in [1.54, 1.807) is 0 Å².